The largest absolute Gasteiger partial charge is 0.238 e. The second kappa shape index (κ2) is 12.1. The van der Waals surface area contributed by atoms with Gasteiger partial charge in [-0.2, -0.15) is 0 Å². The summed E-state index contributed by atoms with van der Waals surface area (Å²) in [6.45, 7) is 0.469. The van der Waals surface area contributed by atoms with Crippen LogP contribution in [-0.4, -0.2) is 11.7 Å². The highest BCUT2D eigenvalue weighted by Crippen LogP contribution is 2.24. The minimum atomic E-state index is 0.469. The minimum Gasteiger partial charge on any atom is -0.238 e. The van der Waals surface area contributed by atoms with Crippen molar-refractivity contribution in [3.63, 3.8) is 0 Å². The Balaban J connectivity index is 1.53. The maximum Gasteiger partial charge on any atom is 0.0780 e. The SMILES string of the molecule is C(=NCc1ccccc1N=C=C(c1ccccc1)c1ccccc1)=C(c1ccccc1)c1ccccc1. The van der Waals surface area contributed by atoms with Crippen molar-refractivity contribution in [1.29, 1.82) is 0 Å². The second-order valence-corrected chi connectivity index (χ2v) is 8.49. The van der Waals surface area contributed by atoms with Crippen LogP contribution in [0, 0.1) is 0 Å². The smallest absolute Gasteiger partial charge is 0.0780 e. The zero-order chi connectivity index (χ0) is 25.1. The fourth-order valence-corrected chi connectivity index (χ4v) is 4.08. The van der Waals surface area contributed by atoms with E-state index in [-0.39, 0.29) is 0 Å². The number of hydrogen-bond donors (Lipinski definition) is 0. The third kappa shape index (κ3) is 6.17. The lowest BCUT2D eigenvalue weighted by molar-refractivity contribution is 1.08. The molecule has 0 aliphatic rings. The van der Waals surface area contributed by atoms with Gasteiger partial charge < -0.3 is 0 Å². The van der Waals surface area contributed by atoms with E-state index in [0.717, 1.165) is 44.7 Å². The first-order valence-corrected chi connectivity index (χ1v) is 12.3. The highest BCUT2D eigenvalue weighted by Gasteiger charge is 2.06. The summed E-state index contributed by atoms with van der Waals surface area (Å²) in [6, 6.07) is 49.1. The Morgan fingerprint density at radius 3 is 1.27 bits per heavy atom. The second-order valence-electron chi connectivity index (χ2n) is 8.49. The molecule has 2 heteroatoms. The predicted octanol–water partition coefficient (Wildman–Crippen LogP) is 8.42. The van der Waals surface area contributed by atoms with Crippen LogP contribution in [0.4, 0.5) is 5.69 Å². The number of nitrogens with zero attached hydrogens (tertiary/aromatic N) is 2. The molecule has 0 saturated carbocycles. The van der Waals surface area contributed by atoms with Gasteiger partial charge in [-0.1, -0.05) is 140 Å². The Morgan fingerprint density at radius 2 is 0.811 bits per heavy atom. The molecule has 5 aromatic rings. The van der Waals surface area contributed by atoms with E-state index in [0.29, 0.717) is 6.54 Å². The normalized spacial score (nSPS) is 10.1. The molecule has 0 aliphatic carbocycles. The molecule has 2 nitrogen and oxygen atoms in total. The number of rotatable bonds is 7. The van der Waals surface area contributed by atoms with Gasteiger partial charge in [0.05, 0.1) is 23.4 Å². The topological polar surface area (TPSA) is 24.7 Å². The summed E-state index contributed by atoms with van der Waals surface area (Å²) in [4.78, 5) is 9.51. The van der Waals surface area contributed by atoms with Gasteiger partial charge in [0.1, 0.15) is 0 Å². The van der Waals surface area contributed by atoms with Crippen LogP contribution in [0.15, 0.2) is 156 Å². The predicted molar refractivity (Wildman–Crippen MR) is 155 cm³/mol. The molecule has 0 heterocycles. The number of para-hydroxylation sites is 1. The Morgan fingerprint density at radius 1 is 0.432 bits per heavy atom. The molecule has 0 radical (unpaired) electrons. The monoisotopic (exact) mass is 474 g/mol. The molecule has 5 aromatic carbocycles. The summed E-state index contributed by atoms with van der Waals surface area (Å²) in [5.74, 6) is 6.65. The van der Waals surface area contributed by atoms with Gasteiger partial charge in [0, 0.05) is 5.56 Å². The van der Waals surface area contributed by atoms with Gasteiger partial charge >= 0.3 is 0 Å². The standard InChI is InChI=1S/C35H26N2/c1-5-15-28(16-6-1)33(29-17-7-2-8-18-29)26-36-25-32-23-13-14-24-35(32)37-27-34(30-19-9-3-10-20-30)31-21-11-4-12-22-31/h1-24H,25H2. The van der Waals surface area contributed by atoms with Crippen LogP contribution < -0.4 is 0 Å². The van der Waals surface area contributed by atoms with Crippen molar-refractivity contribution >= 4 is 28.6 Å². The molecule has 176 valence electrons. The lowest BCUT2D eigenvalue weighted by Crippen LogP contribution is -1.90. The summed E-state index contributed by atoms with van der Waals surface area (Å²) >= 11 is 0. The van der Waals surface area contributed by atoms with E-state index in [4.69, 9.17) is 9.98 Å². The van der Waals surface area contributed by atoms with Crippen LogP contribution in [0.5, 0.6) is 0 Å². The van der Waals surface area contributed by atoms with E-state index in [9.17, 15) is 0 Å². The maximum atomic E-state index is 4.79. The Kier molecular flexibility index (Phi) is 7.77. The van der Waals surface area contributed by atoms with Gasteiger partial charge in [-0.3, -0.25) is 0 Å². The number of benzene rings is 5. The fraction of sp³-hybridized carbons (Fsp3) is 0.0286. The lowest BCUT2D eigenvalue weighted by Gasteiger charge is -2.06. The average Bonchev–Trinajstić information content (AvgIpc) is 2.98. The van der Waals surface area contributed by atoms with Gasteiger partial charge in [0.15, 0.2) is 0 Å². The Hall–Kier alpha value is -5.00. The van der Waals surface area contributed by atoms with Crippen molar-refractivity contribution in [2.45, 2.75) is 6.54 Å². The first kappa shape index (κ1) is 23.7. The summed E-state index contributed by atoms with van der Waals surface area (Å²) < 4.78 is 0. The molecule has 0 aromatic heterocycles. The van der Waals surface area contributed by atoms with Gasteiger partial charge in [-0.25, -0.2) is 9.98 Å². The minimum absolute atomic E-state index is 0.469. The van der Waals surface area contributed by atoms with Crippen LogP contribution in [0.25, 0.3) is 11.1 Å². The van der Waals surface area contributed by atoms with Crippen LogP contribution in [0.2, 0.25) is 0 Å². The van der Waals surface area contributed by atoms with E-state index < -0.39 is 0 Å². The van der Waals surface area contributed by atoms with E-state index in [2.05, 4.69) is 66.3 Å². The van der Waals surface area contributed by atoms with E-state index in [1.54, 1.807) is 0 Å². The molecule has 0 amide bonds. The van der Waals surface area contributed by atoms with Crippen molar-refractivity contribution in [2.24, 2.45) is 9.98 Å². The van der Waals surface area contributed by atoms with Crippen LogP contribution in [0.3, 0.4) is 0 Å². The van der Waals surface area contributed by atoms with Crippen LogP contribution >= 0.6 is 0 Å². The molecule has 0 bridgehead atoms. The summed E-state index contributed by atoms with van der Waals surface area (Å²) in [7, 11) is 0. The molecule has 0 unspecified atom stereocenters. The molecule has 0 aliphatic heterocycles. The van der Waals surface area contributed by atoms with Crippen molar-refractivity contribution in [3.8, 4) is 0 Å². The van der Waals surface area contributed by atoms with Crippen molar-refractivity contribution in [3.05, 3.63) is 173 Å². The first-order chi connectivity index (χ1) is 18.4. The van der Waals surface area contributed by atoms with E-state index in [1.165, 1.54) is 0 Å². The zero-order valence-electron chi connectivity index (χ0n) is 20.5. The van der Waals surface area contributed by atoms with Crippen molar-refractivity contribution in [1.82, 2.24) is 0 Å². The highest BCUT2D eigenvalue weighted by atomic mass is 14.7. The lowest BCUT2D eigenvalue weighted by atomic mass is 9.99. The molecule has 0 N–H and O–H groups in total. The molecule has 0 saturated heterocycles. The van der Waals surface area contributed by atoms with Crippen LogP contribution in [-0.2, 0) is 6.54 Å². The molecule has 37 heavy (non-hydrogen) atoms. The summed E-state index contributed by atoms with van der Waals surface area (Å²) in [5, 5.41) is 0. The van der Waals surface area contributed by atoms with Gasteiger partial charge in [0.25, 0.3) is 0 Å². The summed E-state index contributed by atoms with van der Waals surface area (Å²) in [6.07, 6.45) is 0. The Bertz CT molecular complexity index is 1490. The van der Waals surface area contributed by atoms with E-state index >= 15 is 0 Å². The first-order valence-electron chi connectivity index (χ1n) is 12.3. The molecule has 0 spiro atoms. The van der Waals surface area contributed by atoms with Gasteiger partial charge in [0.2, 0.25) is 0 Å². The fourth-order valence-electron chi connectivity index (χ4n) is 4.08. The number of hydrogen-bond acceptors (Lipinski definition) is 2. The third-order valence-electron chi connectivity index (χ3n) is 5.97. The maximum absolute atomic E-state index is 4.79. The van der Waals surface area contributed by atoms with Crippen LogP contribution in [0.1, 0.15) is 27.8 Å². The number of aliphatic imine (C=N–C) groups is 2. The molecule has 0 fully saturated rings. The molecule has 0 atom stereocenters. The third-order valence-corrected chi connectivity index (χ3v) is 5.97. The van der Waals surface area contributed by atoms with Gasteiger partial charge in [-0.15, -0.1) is 0 Å². The van der Waals surface area contributed by atoms with Crippen molar-refractivity contribution in [2.75, 3.05) is 0 Å². The highest BCUT2D eigenvalue weighted by molar-refractivity contribution is 6.00. The zero-order valence-corrected chi connectivity index (χ0v) is 20.5. The average molecular weight is 475 g/mol. The van der Waals surface area contributed by atoms with E-state index in [1.807, 2.05) is 91.0 Å². The Labute approximate surface area is 218 Å². The molecular weight excluding hydrogens is 448 g/mol. The van der Waals surface area contributed by atoms with Gasteiger partial charge in [-0.05, 0) is 40.1 Å². The quantitative estimate of drug-likeness (QED) is 0.212. The molecule has 5 rings (SSSR count). The van der Waals surface area contributed by atoms with Crippen molar-refractivity contribution < 1.29 is 0 Å². The molecular formula is C35H26N2. The summed E-state index contributed by atoms with van der Waals surface area (Å²) in [5.41, 5.74) is 8.11.